The van der Waals surface area contributed by atoms with Crippen molar-refractivity contribution in [2.24, 2.45) is 0 Å². The summed E-state index contributed by atoms with van der Waals surface area (Å²) in [4.78, 5) is 0. The Hall–Kier alpha value is -3.56. The van der Waals surface area contributed by atoms with Gasteiger partial charge in [0.15, 0.2) is 0 Å². The highest BCUT2D eigenvalue weighted by Gasteiger charge is 2.21. The van der Waals surface area contributed by atoms with Crippen molar-refractivity contribution in [2.75, 3.05) is 0 Å². The molecule has 0 spiro atoms. The van der Waals surface area contributed by atoms with Gasteiger partial charge in [0.25, 0.3) is 0 Å². The van der Waals surface area contributed by atoms with Crippen LogP contribution in [0.5, 0.6) is 0 Å². The molecule has 1 aromatic heterocycles. The summed E-state index contributed by atoms with van der Waals surface area (Å²) >= 11 is 3.60. The lowest BCUT2D eigenvalue weighted by molar-refractivity contribution is 0.830. The zero-order valence-electron chi connectivity index (χ0n) is 20.8. The maximum absolute atomic E-state index is 3.76. The molecule has 5 aromatic rings. The Bertz CT molecular complexity index is 1580. The third-order valence-electron chi connectivity index (χ3n) is 7.51. The lowest BCUT2D eigenvalue weighted by Crippen LogP contribution is -2.08. The Labute approximate surface area is 226 Å². The molecule has 0 atom stereocenters. The largest absolute Gasteiger partial charge is 0.158 e. The van der Waals surface area contributed by atoms with E-state index in [-0.39, 0.29) is 0 Å². The standard InChI is InChI=1S/C26H23Br.C8H6N2/c27-22-9-3-5-18(17-22)11-12-20-7-4-8-21-14-15-24-23-10-2-1-6-19(23)13-16-25(24)26(20)21;1-2-4-8-6-10-9-5-7(8)3-1/h2-5,7-10,14-15,17H,1,6,11-13,16H2;1-6H. The average molecular weight is 546 g/mol. The Morgan fingerprint density at radius 2 is 1.49 bits per heavy atom. The van der Waals surface area contributed by atoms with Crippen LogP contribution in [0, 0.1) is 0 Å². The van der Waals surface area contributed by atoms with E-state index in [1.807, 2.05) is 24.3 Å². The van der Waals surface area contributed by atoms with Crippen LogP contribution in [-0.4, -0.2) is 10.2 Å². The number of hydrogen-bond acceptors (Lipinski definition) is 2. The van der Waals surface area contributed by atoms with Crippen molar-refractivity contribution in [3.8, 4) is 0 Å². The molecule has 2 nitrogen and oxygen atoms in total. The minimum atomic E-state index is 1.08. The van der Waals surface area contributed by atoms with E-state index in [0.717, 1.165) is 23.6 Å². The van der Waals surface area contributed by atoms with Crippen LogP contribution in [0.2, 0.25) is 0 Å². The SMILES string of the molecule is Brc1cccc(CCc2cccc3ccc4c(c23)CCC2=C4C=CCC2)c1.c1ccc2cnncc2c1. The molecule has 182 valence electrons. The lowest BCUT2D eigenvalue weighted by Gasteiger charge is -2.26. The predicted octanol–water partition coefficient (Wildman–Crippen LogP) is 9.07. The monoisotopic (exact) mass is 544 g/mol. The third-order valence-corrected chi connectivity index (χ3v) is 8.01. The van der Waals surface area contributed by atoms with Gasteiger partial charge in [0.1, 0.15) is 0 Å². The number of benzene rings is 4. The van der Waals surface area contributed by atoms with Gasteiger partial charge in [-0.2, -0.15) is 10.2 Å². The first-order valence-electron chi connectivity index (χ1n) is 13.1. The van der Waals surface area contributed by atoms with Crippen LogP contribution in [0.3, 0.4) is 0 Å². The normalized spacial score (nSPS) is 14.2. The number of nitrogens with zero attached hydrogens (tertiary/aromatic N) is 2. The highest BCUT2D eigenvalue weighted by molar-refractivity contribution is 9.10. The predicted molar refractivity (Wildman–Crippen MR) is 159 cm³/mol. The van der Waals surface area contributed by atoms with Crippen LogP contribution in [0.1, 0.15) is 41.5 Å². The highest BCUT2D eigenvalue weighted by atomic mass is 79.9. The third kappa shape index (κ3) is 5.14. The molecule has 4 aromatic carbocycles. The molecule has 2 aliphatic rings. The number of halogens is 1. The summed E-state index contributed by atoms with van der Waals surface area (Å²) < 4.78 is 1.17. The maximum atomic E-state index is 3.76. The van der Waals surface area contributed by atoms with Crippen LogP contribution in [0.15, 0.2) is 113 Å². The van der Waals surface area contributed by atoms with Gasteiger partial charge in [-0.05, 0) is 89.3 Å². The second-order valence-electron chi connectivity index (χ2n) is 9.81. The van der Waals surface area contributed by atoms with Crippen molar-refractivity contribution in [1.82, 2.24) is 10.2 Å². The minimum absolute atomic E-state index is 1.08. The van der Waals surface area contributed by atoms with Crippen LogP contribution >= 0.6 is 15.9 Å². The molecular formula is C34H29BrN2. The molecule has 0 radical (unpaired) electrons. The van der Waals surface area contributed by atoms with Crippen molar-refractivity contribution in [1.29, 1.82) is 0 Å². The molecule has 0 saturated carbocycles. The summed E-state index contributed by atoms with van der Waals surface area (Å²) in [6.07, 6.45) is 15.3. The minimum Gasteiger partial charge on any atom is -0.158 e. The van der Waals surface area contributed by atoms with Crippen molar-refractivity contribution >= 4 is 43.0 Å². The van der Waals surface area contributed by atoms with E-state index in [4.69, 9.17) is 0 Å². The first-order chi connectivity index (χ1) is 18.3. The van der Waals surface area contributed by atoms with Crippen LogP contribution in [0.4, 0.5) is 0 Å². The second-order valence-corrected chi connectivity index (χ2v) is 10.7. The Kier molecular flexibility index (Phi) is 6.96. The number of aromatic nitrogens is 2. The molecule has 0 saturated heterocycles. The molecule has 37 heavy (non-hydrogen) atoms. The number of allylic oxidation sites excluding steroid dienone is 4. The topological polar surface area (TPSA) is 25.8 Å². The summed E-state index contributed by atoms with van der Waals surface area (Å²) in [5.41, 5.74) is 9.11. The Morgan fingerprint density at radius 1 is 0.703 bits per heavy atom. The zero-order valence-corrected chi connectivity index (χ0v) is 22.4. The molecule has 0 aliphatic heterocycles. The van der Waals surface area contributed by atoms with E-state index >= 15 is 0 Å². The summed E-state index contributed by atoms with van der Waals surface area (Å²) in [6, 6.07) is 28.2. The molecule has 3 heteroatoms. The fourth-order valence-corrected chi connectivity index (χ4v) is 6.14. The highest BCUT2D eigenvalue weighted by Crippen LogP contribution is 2.40. The number of hydrogen-bond donors (Lipinski definition) is 0. The average Bonchev–Trinajstić information content (AvgIpc) is 2.96. The van der Waals surface area contributed by atoms with E-state index < -0.39 is 0 Å². The zero-order chi connectivity index (χ0) is 25.0. The maximum Gasteiger partial charge on any atom is 0.0574 e. The molecule has 0 N–H and O–H groups in total. The number of aryl methyl sites for hydroxylation is 3. The molecule has 1 heterocycles. The van der Waals surface area contributed by atoms with Crippen molar-refractivity contribution in [3.05, 3.63) is 136 Å². The molecule has 0 amide bonds. The van der Waals surface area contributed by atoms with E-state index in [9.17, 15) is 0 Å². The number of fused-ring (bicyclic) bond motifs is 5. The smallest absolute Gasteiger partial charge is 0.0574 e. The van der Waals surface area contributed by atoms with Crippen LogP contribution < -0.4 is 0 Å². The van der Waals surface area contributed by atoms with Gasteiger partial charge in [0.2, 0.25) is 0 Å². The fourth-order valence-electron chi connectivity index (χ4n) is 5.69. The van der Waals surface area contributed by atoms with E-state index in [1.54, 1.807) is 23.5 Å². The lowest BCUT2D eigenvalue weighted by atomic mass is 9.78. The van der Waals surface area contributed by atoms with E-state index in [0.29, 0.717) is 0 Å². The molecule has 0 fully saturated rings. The van der Waals surface area contributed by atoms with Gasteiger partial charge in [0, 0.05) is 15.2 Å². The van der Waals surface area contributed by atoms with E-state index in [2.05, 4.69) is 92.9 Å². The molecule has 2 aliphatic carbocycles. The fraction of sp³-hybridized carbons (Fsp3) is 0.176. The van der Waals surface area contributed by atoms with Gasteiger partial charge in [-0.15, -0.1) is 0 Å². The Morgan fingerprint density at radius 3 is 2.30 bits per heavy atom. The van der Waals surface area contributed by atoms with Crippen LogP contribution in [0.25, 0.3) is 27.1 Å². The van der Waals surface area contributed by atoms with Gasteiger partial charge in [0.05, 0.1) is 12.4 Å². The van der Waals surface area contributed by atoms with Crippen molar-refractivity contribution in [3.63, 3.8) is 0 Å². The van der Waals surface area contributed by atoms with Gasteiger partial charge in [-0.3, -0.25) is 0 Å². The summed E-state index contributed by atoms with van der Waals surface area (Å²) in [6.45, 7) is 0. The Balaban J connectivity index is 0.000000210. The van der Waals surface area contributed by atoms with Gasteiger partial charge < -0.3 is 0 Å². The molecule has 7 rings (SSSR count). The van der Waals surface area contributed by atoms with Gasteiger partial charge in [-0.25, -0.2) is 0 Å². The van der Waals surface area contributed by atoms with Gasteiger partial charge >= 0.3 is 0 Å². The summed E-state index contributed by atoms with van der Waals surface area (Å²) in [5.74, 6) is 0. The van der Waals surface area contributed by atoms with E-state index in [1.165, 1.54) is 63.2 Å². The van der Waals surface area contributed by atoms with Gasteiger partial charge in [-0.1, -0.05) is 100 Å². The van der Waals surface area contributed by atoms with Crippen LogP contribution in [-0.2, 0) is 19.3 Å². The first kappa shape index (κ1) is 23.8. The quantitative estimate of drug-likeness (QED) is 0.226. The first-order valence-corrected chi connectivity index (χ1v) is 13.9. The molecule has 0 bridgehead atoms. The van der Waals surface area contributed by atoms with Crippen molar-refractivity contribution < 1.29 is 0 Å². The summed E-state index contributed by atoms with van der Waals surface area (Å²) in [7, 11) is 0. The molecule has 0 unspecified atom stereocenters. The summed E-state index contributed by atoms with van der Waals surface area (Å²) in [5, 5.41) is 12.7. The number of rotatable bonds is 3. The molecular weight excluding hydrogens is 516 g/mol. The van der Waals surface area contributed by atoms with Crippen molar-refractivity contribution in [2.45, 2.75) is 38.5 Å². The second kappa shape index (κ2) is 10.8.